The van der Waals surface area contributed by atoms with Crippen molar-refractivity contribution in [2.45, 2.75) is 19.4 Å². The molecule has 1 aromatic rings. The first kappa shape index (κ1) is 13.1. The molecule has 0 fully saturated rings. The van der Waals surface area contributed by atoms with E-state index in [1.807, 2.05) is 0 Å². The van der Waals surface area contributed by atoms with E-state index in [-0.39, 0.29) is 23.0 Å². The lowest BCUT2D eigenvalue weighted by Gasteiger charge is -2.14. The quantitative estimate of drug-likeness (QED) is 0.488. The molecule has 0 radical (unpaired) electrons. The summed E-state index contributed by atoms with van der Waals surface area (Å²) in [6.45, 7) is 5.26. The van der Waals surface area contributed by atoms with E-state index in [0.29, 0.717) is 0 Å². The predicted octanol–water partition coefficient (Wildman–Crippen LogP) is 3.52. The average molecular weight is 242 g/mol. The second-order valence-corrected chi connectivity index (χ2v) is 3.50. The summed E-state index contributed by atoms with van der Waals surface area (Å²) in [6, 6.07) is 3.14. The van der Waals surface area contributed by atoms with Gasteiger partial charge in [-0.3, -0.25) is 10.1 Å². The third-order valence-electron chi connectivity index (χ3n) is 2.22. The standard InChI is InChI=1S/C11H12F2N2O2/c1-3-7(2)14-10-5-4-8(15(16)17)6-9(10)11(12)13/h3-7,11,14H,1H2,2H3. The largest absolute Gasteiger partial charge is 0.379 e. The minimum atomic E-state index is -2.77. The number of alkyl halides is 2. The molecule has 0 aliphatic heterocycles. The molecule has 1 unspecified atom stereocenters. The summed E-state index contributed by atoms with van der Waals surface area (Å²) in [5.41, 5.74) is -0.553. The van der Waals surface area contributed by atoms with Crippen molar-refractivity contribution in [3.63, 3.8) is 0 Å². The second-order valence-electron chi connectivity index (χ2n) is 3.50. The molecule has 4 nitrogen and oxygen atoms in total. The van der Waals surface area contributed by atoms with Crippen molar-refractivity contribution in [1.29, 1.82) is 0 Å². The predicted molar refractivity (Wildman–Crippen MR) is 61.3 cm³/mol. The van der Waals surface area contributed by atoms with Crippen molar-refractivity contribution in [3.8, 4) is 0 Å². The molecule has 17 heavy (non-hydrogen) atoms. The maximum Gasteiger partial charge on any atom is 0.270 e. The first-order valence-electron chi connectivity index (χ1n) is 4.91. The fourth-order valence-corrected chi connectivity index (χ4v) is 1.28. The molecule has 92 valence electrons. The first-order valence-corrected chi connectivity index (χ1v) is 4.91. The highest BCUT2D eigenvalue weighted by atomic mass is 19.3. The number of hydrogen-bond acceptors (Lipinski definition) is 3. The minimum Gasteiger partial charge on any atom is -0.379 e. The zero-order valence-electron chi connectivity index (χ0n) is 9.19. The van der Waals surface area contributed by atoms with Gasteiger partial charge in [0, 0.05) is 29.4 Å². The Bertz CT molecular complexity index is 435. The van der Waals surface area contributed by atoms with Gasteiger partial charge in [-0.2, -0.15) is 0 Å². The number of nitrogens with zero attached hydrogens (tertiary/aromatic N) is 1. The molecule has 0 heterocycles. The van der Waals surface area contributed by atoms with E-state index in [2.05, 4.69) is 11.9 Å². The van der Waals surface area contributed by atoms with Crippen LogP contribution < -0.4 is 5.32 Å². The Balaban J connectivity index is 3.12. The molecule has 0 saturated heterocycles. The highest BCUT2D eigenvalue weighted by molar-refractivity contribution is 5.57. The zero-order chi connectivity index (χ0) is 13.0. The van der Waals surface area contributed by atoms with E-state index >= 15 is 0 Å². The van der Waals surface area contributed by atoms with Crippen molar-refractivity contribution in [2.75, 3.05) is 5.32 Å². The minimum absolute atomic E-state index is 0.179. The molecule has 1 rings (SSSR count). The van der Waals surface area contributed by atoms with Gasteiger partial charge in [0.15, 0.2) is 0 Å². The van der Waals surface area contributed by atoms with Crippen molar-refractivity contribution < 1.29 is 13.7 Å². The van der Waals surface area contributed by atoms with Crippen molar-refractivity contribution in [1.82, 2.24) is 0 Å². The summed E-state index contributed by atoms with van der Waals surface area (Å²) < 4.78 is 25.5. The van der Waals surface area contributed by atoms with E-state index < -0.39 is 11.3 Å². The fraction of sp³-hybridized carbons (Fsp3) is 0.273. The summed E-state index contributed by atoms with van der Waals surface area (Å²) in [6.07, 6.45) is -1.22. The first-order chi connectivity index (χ1) is 7.95. The molecule has 0 aliphatic carbocycles. The number of hydrogen-bond donors (Lipinski definition) is 1. The number of halogens is 2. The molecule has 1 aromatic carbocycles. The van der Waals surface area contributed by atoms with Gasteiger partial charge in [-0.15, -0.1) is 6.58 Å². The van der Waals surface area contributed by atoms with Crippen molar-refractivity contribution in [3.05, 3.63) is 46.5 Å². The van der Waals surface area contributed by atoms with Gasteiger partial charge < -0.3 is 5.32 Å². The number of non-ortho nitro benzene ring substituents is 1. The van der Waals surface area contributed by atoms with E-state index in [0.717, 1.165) is 6.07 Å². The van der Waals surface area contributed by atoms with Crippen LogP contribution in [0.25, 0.3) is 0 Å². The normalized spacial score (nSPS) is 12.2. The van der Waals surface area contributed by atoms with E-state index in [1.54, 1.807) is 13.0 Å². The summed E-state index contributed by atoms with van der Waals surface area (Å²) in [5, 5.41) is 13.3. The Labute approximate surface area is 97.1 Å². The smallest absolute Gasteiger partial charge is 0.270 e. The summed E-state index contributed by atoms with van der Waals surface area (Å²) in [5.74, 6) is 0. The molecule has 0 bridgehead atoms. The zero-order valence-corrected chi connectivity index (χ0v) is 9.19. The lowest BCUT2D eigenvalue weighted by Crippen LogP contribution is -2.13. The highest BCUT2D eigenvalue weighted by Crippen LogP contribution is 2.31. The average Bonchev–Trinajstić information content (AvgIpc) is 2.28. The lowest BCUT2D eigenvalue weighted by atomic mass is 10.1. The van der Waals surface area contributed by atoms with Crippen LogP contribution in [0.15, 0.2) is 30.9 Å². The van der Waals surface area contributed by atoms with Crippen LogP contribution in [-0.4, -0.2) is 11.0 Å². The van der Waals surface area contributed by atoms with Crippen molar-refractivity contribution in [2.24, 2.45) is 0 Å². The maximum absolute atomic E-state index is 12.7. The molecule has 0 spiro atoms. The molecule has 0 saturated carbocycles. The van der Waals surface area contributed by atoms with Crippen LogP contribution in [0, 0.1) is 10.1 Å². The molecule has 1 N–H and O–H groups in total. The van der Waals surface area contributed by atoms with Crippen LogP contribution in [-0.2, 0) is 0 Å². The van der Waals surface area contributed by atoms with Crippen LogP contribution in [0.3, 0.4) is 0 Å². The van der Waals surface area contributed by atoms with E-state index in [9.17, 15) is 18.9 Å². The lowest BCUT2D eigenvalue weighted by molar-refractivity contribution is -0.385. The number of rotatable bonds is 5. The molecule has 0 amide bonds. The van der Waals surface area contributed by atoms with Crippen LogP contribution in [0.5, 0.6) is 0 Å². The Morgan fingerprint density at radius 2 is 2.18 bits per heavy atom. The van der Waals surface area contributed by atoms with Crippen LogP contribution in [0.2, 0.25) is 0 Å². The van der Waals surface area contributed by atoms with Crippen LogP contribution >= 0.6 is 0 Å². The number of benzene rings is 1. The molecular weight excluding hydrogens is 230 g/mol. The third kappa shape index (κ3) is 3.24. The Hall–Kier alpha value is -1.98. The van der Waals surface area contributed by atoms with Gasteiger partial charge in [0.1, 0.15) is 0 Å². The monoisotopic (exact) mass is 242 g/mol. The van der Waals surface area contributed by atoms with Gasteiger partial charge in [-0.05, 0) is 13.0 Å². The van der Waals surface area contributed by atoms with Crippen molar-refractivity contribution >= 4 is 11.4 Å². The van der Waals surface area contributed by atoms with Gasteiger partial charge >= 0.3 is 0 Å². The van der Waals surface area contributed by atoms with Gasteiger partial charge in [-0.25, -0.2) is 8.78 Å². The Morgan fingerprint density at radius 3 is 2.65 bits per heavy atom. The third-order valence-corrected chi connectivity index (χ3v) is 2.22. The fourth-order valence-electron chi connectivity index (χ4n) is 1.28. The van der Waals surface area contributed by atoms with Gasteiger partial charge in [0.25, 0.3) is 12.1 Å². The molecule has 0 aliphatic rings. The molecular formula is C11H12F2N2O2. The number of nitro benzene ring substituents is 1. The molecule has 6 heteroatoms. The Kier molecular flexibility index (Phi) is 4.14. The number of anilines is 1. The van der Waals surface area contributed by atoms with Gasteiger partial charge in [0.2, 0.25) is 0 Å². The maximum atomic E-state index is 12.7. The number of nitro groups is 1. The molecule has 0 aromatic heterocycles. The van der Waals surface area contributed by atoms with Crippen LogP contribution in [0.1, 0.15) is 18.9 Å². The van der Waals surface area contributed by atoms with Gasteiger partial charge in [-0.1, -0.05) is 6.08 Å². The summed E-state index contributed by atoms with van der Waals surface area (Å²) in [4.78, 5) is 9.79. The Morgan fingerprint density at radius 1 is 1.53 bits per heavy atom. The topological polar surface area (TPSA) is 55.2 Å². The highest BCUT2D eigenvalue weighted by Gasteiger charge is 2.18. The number of nitrogens with one attached hydrogen (secondary N) is 1. The second kappa shape index (κ2) is 5.38. The SMILES string of the molecule is C=CC(C)Nc1ccc([N+](=O)[O-])cc1C(F)F. The molecule has 1 atom stereocenters. The van der Waals surface area contributed by atoms with Gasteiger partial charge in [0.05, 0.1) is 4.92 Å². The summed E-state index contributed by atoms with van der Waals surface area (Å²) >= 11 is 0. The van der Waals surface area contributed by atoms with E-state index in [4.69, 9.17) is 0 Å². The van der Waals surface area contributed by atoms with E-state index in [1.165, 1.54) is 12.1 Å². The summed E-state index contributed by atoms with van der Waals surface area (Å²) in [7, 11) is 0. The van der Waals surface area contributed by atoms with Crippen LogP contribution in [0.4, 0.5) is 20.2 Å².